The van der Waals surface area contributed by atoms with Crippen LogP contribution in [0.25, 0.3) is 77.2 Å². The zero-order chi connectivity index (χ0) is 34.0. The molecular formula is C51H30O. The van der Waals surface area contributed by atoms with Crippen molar-refractivity contribution in [3.8, 4) is 67.1 Å². The molecule has 1 spiro atoms. The van der Waals surface area contributed by atoms with Crippen LogP contribution < -0.4 is 4.74 Å². The van der Waals surface area contributed by atoms with E-state index in [2.05, 4.69) is 176 Å². The SMILES string of the molecule is c1cc(-c2cccc3c2-c2ccccc2C32c3ccccc3-c3c2ccc2ccccc32)cc(-c2ccc3c4c(cccc24)-c2ccccc2O3)c1. The van der Waals surface area contributed by atoms with E-state index in [9.17, 15) is 0 Å². The van der Waals surface area contributed by atoms with E-state index < -0.39 is 5.41 Å². The highest BCUT2D eigenvalue weighted by Crippen LogP contribution is 2.65. The average molecular weight is 659 g/mol. The molecule has 0 bridgehead atoms. The standard InChI is InChI=1S/C51H30O/c1-2-15-35-31(12-1)26-28-45-48(35)40-17-3-6-22-42(40)51(45)43-23-7-4-18-41(43)49-36(19-11-24-44(49)51)33-14-9-13-32(30-33)34-27-29-47-50-38(34)20-10-21-39(50)37-16-5-8-25-46(37)52-47/h1-30H. The zero-order valence-corrected chi connectivity index (χ0v) is 28.2. The van der Waals surface area contributed by atoms with Crippen molar-refractivity contribution in [2.75, 3.05) is 0 Å². The molecule has 0 aromatic heterocycles. The molecule has 0 radical (unpaired) electrons. The van der Waals surface area contributed by atoms with Gasteiger partial charge in [-0.05, 0) is 107 Å². The Bertz CT molecular complexity index is 3000. The van der Waals surface area contributed by atoms with Crippen molar-refractivity contribution in [3.63, 3.8) is 0 Å². The summed E-state index contributed by atoms with van der Waals surface area (Å²) >= 11 is 0. The fourth-order valence-electron chi connectivity index (χ4n) is 9.88. The maximum atomic E-state index is 6.44. The summed E-state index contributed by atoms with van der Waals surface area (Å²) in [5, 5.41) is 4.97. The Kier molecular flexibility index (Phi) is 5.49. The highest BCUT2D eigenvalue weighted by molar-refractivity contribution is 6.11. The summed E-state index contributed by atoms with van der Waals surface area (Å²) in [4.78, 5) is 0. The van der Waals surface area contributed by atoms with Crippen molar-refractivity contribution in [1.82, 2.24) is 0 Å². The van der Waals surface area contributed by atoms with E-state index in [0.29, 0.717) is 0 Å². The number of rotatable bonds is 2. The first-order chi connectivity index (χ1) is 25.8. The van der Waals surface area contributed by atoms with E-state index >= 15 is 0 Å². The molecule has 1 heteroatoms. The van der Waals surface area contributed by atoms with Crippen molar-refractivity contribution in [2.24, 2.45) is 0 Å². The predicted molar refractivity (Wildman–Crippen MR) is 214 cm³/mol. The zero-order valence-electron chi connectivity index (χ0n) is 28.2. The molecule has 12 rings (SSSR count). The lowest BCUT2D eigenvalue weighted by atomic mass is 9.70. The number of para-hydroxylation sites is 1. The summed E-state index contributed by atoms with van der Waals surface area (Å²) in [6.45, 7) is 0. The van der Waals surface area contributed by atoms with Gasteiger partial charge in [-0.1, -0.05) is 164 Å². The van der Waals surface area contributed by atoms with Gasteiger partial charge in [0.2, 0.25) is 0 Å². The molecule has 3 aliphatic rings. The fourth-order valence-corrected chi connectivity index (χ4v) is 9.88. The number of fused-ring (bicyclic) bond motifs is 14. The molecule has 0 fully saturated rings. The maximum Gasteiger partial charge on any atom is 0.135 e. The lowest BCUT2D eigenvalue weighted by Crippen LogP contribution is -2.25. The van der Waals surface area contributed by atoms with Crippen molar-refractivity contribution in [3.05, 3.63) is 204 Å². The Labute approximate surface area is 302 Å². The number of hydrogen-bond donors (Lipinski definition) is 0. The number of benzene rings is 9. The van der Waals surface area contributed by atoms with Gasteiger partial charge in [0, 0.05) is 10.9 Å². The van der Waals surface area contributed by atoms with Gasteiger partial charge in [0.1, 0.15) is 11.5 Å². The Morgan fingerprint density at radius 1 is 0.327 bits per heavy atom. The second kappa shape index (κ2) is 10.2. The second-order valence-corrected chi connectivity index (χ2v) is 14.3. The van der Waals surface area contributed by atoms with Crippen LogP contribution in [0.1, 0.15) is 22.3 Å². The van der Waals surface area contributed by atoms with Crippen molar-refractivity contribution in [2.45, 2.75) is 5.41 Å². The van der Waals surface area contributed by atoms with Crippen molar-refractivity contribution in [1.29, 1.82) is 0 Å². The molecule has 1 atom stereocenters. The first kappa shape index (κ1) is 28.0. The summed E-state index contributed by atoms with van der Waals surface area (Å²) in [6.07, 6.45) is 0. The summed E-state index contributed by atoms with van der Waals surface area (Å²) < 4.78 is 6.44. The van der Waals surface area contributed by atoms with E-state index in [-0.39, 0.29) is 0 Å². The largest absolute Gasteiger partial charge is 0.456 e. The van der Waals surface area contributed by atoms with Gasteiger partial charge in [0.15, 0.2) is 0 Å². The Balaban J connectivity index is 1.09. The third-order valence-corrected chi connectivity index (χ3v) is 11.9. The van der Waals surface area contributed by atoms with Crippen LogP contribution >= 0.6 is 0 Å². The predicted octanol–water partition coefficient (Wildman–Crippen LogP) is 13.4. The van der Waals surface area contributed by atoms with Crippen LogP contribution in [0.4, 0.5) is 0 Å². The molecule has 1 unspecified atom stereocenters. The highest BCUT2D eigenvalue weighted by Gasteiger charge is 2.52. The second-order valence-electron chi connectivity index (χ2n) is 14.3. The third-order valence-electron chi connectivity index (χ3n) is 11.9. The normalized spacial score (nSPS) is 15.5. The van der Waals surface area contributed by atoms with Crippen LogP contribution in [0.15, 0.2) is 182 Å². The van der Waals surface area contributed by atoms with Crippen LogP contribution in [-0.4, -0.2) is 0 Å². The van der Waals surface area contributed by atoms with E-state index in [1.54, 1.807) is 0 Å². The smallest absolute Gasteiger partial charge is 0.135 e. The van der Waals surface area contributed by atoms with E-state index in [1.807, 2.05) is 6.07 Å². The minimum Gasteiger partial charge on any atom is -0.456 e. The highest BCUT2D eigenvalue weighted by atomic mass is 16.5. The minimum absolute atomic E-state index is 0.401. The molecule has 1 aliphatic heterocycles. The molecule has 0 N–H and O–H groups in total. The molecule has 0 saturated heterocycles. The van der Waals surface area contributed by atoms with Gasteiger partial charge in [0.25, 0.3) is 0 Å². The summed E-state index contributed by atoms with van der Waals surface area (Å²) in [7, 11) is 0. The van der Waals surface area contributed by atoms with Crippen LogP contribution in [0.5, 0.6) is 11.5 Å². The first-order valence-electron chi connectivity index (χ1n) is 18.1. The van der Waals surface area contributed by atoms with Crippen LogP contribution in [-0.2, 0) is 5.41 Å². The van der Waals surface area contributed by atoms with Gasteiger partial charge in [-0.3, -0.25) is 0 Å². The van der Waals surface area contributed by atoms with Crippen LogP contribution in [0.3, 0.4) is 0 Å². The molecule has 9 aromatic carbocycles. The van der Waals surface area contributed by atoms with E-state index in [4.69, 9.17) is 4.74 Å². The summed E-state index contributed by atoms with van der Waals surface area (Å²) in [5.41, 5.74) is 17.6. The lowest BCUT2D eigenvalue weighted by Gasteiger charge is -2.30. The Morgan fingerprint density at radius 3 is 1.79 bits per heavy atom. The molecule has 1 nitrogen and oxygen atoms in total. The molecule has 240 valence electrons. The first-order valence-corrected chi connectivity index (χ1v) is 18.1. The van der Waals surface area contributed by atoms with Crippen LogP contribution in [0, 0.1) is 0 Å². The molecule has 0 amide bonds. The minimum atomic E-state index is -0.401. The van der Waals surface area contributed by atoms with E-state index in [0.717, 1.165) is 17.1 Å². The topological polar surface area (TPSA) is 9.23 Å². The molecule has 52 heavy (non-hydrogen) atoms. The van der Waals surface area contributed by atoms with E-state index in [1.165, 1.54) is 93.9 Å². The lowest BCUT2D eigenvalue weighted by molar-refractivity contribution is 0.487. The molecule has 9 aromatic rings. The number of hydrogen-bond acceptors (Lipinski definition) is 1. The van der Waals surface area contributed by atoms with Gasteiger partial charge in [-0.25, -0.2) is 0 Å². The Morgan fingerprint density at radius 2 is 0.923 bits per heavy atom. The molecule has 0 saturated carbocycles. The fraction of sp³-hybridized carbons (Fsp3) is 0.0196. The van der Waals surface area contributed by atoms with Gasteiger partial charge in [-0.2, -0.15) is 0 Å². The van der Waals surface area contributed by atoms with Gasteiger partial charge >= 0.3 is 0 Å². The molecule has 1 heterocycles. The monoisotopic (exact) mass is 658 g/mol. The Hall–Kier alpha value is -6.70. The summed E-state index contributed by atoms with van der Waals surface area (Å²) in [5.74, 6) is 1.82. The van der Waals surface area contributed by atoms with Gasteiger partial charge in [-0.15, -0.1) is 0 Å². The van der Waals surface area contributed by atoms with Crippen molar-refractivity contribution < 1.29 is 4.74 Å². The van der Waals surface area contributed by atoms with Crippen LogP contribution in [0.2, 0.25) is 0 Å². The van der Waals surface area contributed by atoms with Gasteiger partial charge < -0.3 is 4.74 Å². The average Bonchev–Trinajstić information content (AvgIpc) is 3.69. The van der Waals surface area contributed by atoms with Crippen molar-refractivity contribution >= 4 is 21.5 Å². The summed E-state index contributed by atoms with van der Waals surface area (Å²) in [6, 6.07) is 67.2. The quantitative estimate of drug-likeness (QED) is 0.180. The molecular weight excluding hydrogens is 629 g/mol. The molecule has 2 aliphatic carbocycles. The third kappa shape index (κ3) is 3.48. The maximum absolute atomic E-state index is 6.44. The number of ether oxygens (including phenoxy) is 1. The van der Waals surface area contributed by atoms with Gasteiger partial charge in [0.05, 0.1) is 5.41 Å².